The molecule has 0 unspecified atom stereocenters. The number of carbonyl (C=O) groups is 2. The lowest BCUT2D eigenvalue weighted by atomic mass is 10.1. The second-order valence-corrected chi connectivity index (χ2v) is 9.99. The minimum absolute atomic E-state index is 0.324. The number of benzene rings is 3. The van der Waals surface area contributed by atoms with Gasteiger partial charge in [-0.3, -0.25) is 0 Å². The van der Waals surface area contributed by atoms with Gasteiger partial charge in [0.15, 0.2) is 0 Å². The van der Waals surface area contributed by atoms with Crippen LogP contribution in [-0.2, 0) is 4.74 Å². The van der Waals surface area contributed by atoms with Crippen LogP contribution in [0.5, 0.6) is 11.5 Å². The summed E-state index contributed by atoms with van der Waals surface area (Å²) in [6.07, 6.45) is 8.30. The largest absolute Gasteiger partial charge is 0.494 e. The van der Waals surface area contributed by atoms with Gasteiger partial charge >= 0.3 is 11.9 Å². The molecule has 0 spiro atoms. The molecule has 0 amide bonds. The molecule has 0 aliphatic heterocycles. The van der Waals surface area contributed by atoms with Crippen molar-refractivity contribution >= 4 is 11.9 Å². The zero-order chi connectivity index (χ0) is 28.6. The van der Waals surface area contributed by atoms with Gasteiger partial charge in [-0.25, -0.2) is 9.59 Å². The molecule has 5 nitrogen and oxygen atoms in total. The number of ether oxygens (including phenoxy) is 3. The molecule has 0 saturated carbocycles. The molecule has 0 N–H and O–H groups in total. The molecule has 0 saturated heterocycles. The van der Waals surface area contributed by atoms with E-state index in [1.165, 1.54) is 32.1 Å². The van der Waals surface area contributed by atoms with Crippen LogP contribution in [0.2, 0.25) is 0 Å². The fourth-order valence-electron chi connectivity index (χ4n) is 3.79. The maximum absolute atomic E-state index is 12.6. The third kappa shape index (κ3) is 10.6. The number of rotatable bonds is 14. The summed E-state index contributed by atoms with van der Waals surface area (Å²) in [4.78, 5) is 24.7. The molecule has 0 aliphatic rings. The molecule has 0 fully saturated rings. The van der Waals surface area contributed by atoms with Crippen LogP contribution in [0.4, 0.5) is 0 Å². The van der Waals surface area contributed by atoms with Gasteiger partial charge < -0.3 is 14.2 Å². The van der Waals surface area contributed by atoms with Crippen molar-refractivity contribution in [3.63, 3.8) is 0 Å². The predicted molar refractivity (Wildman–Crippen MR) is 159 cm³/mol. The summed E-state index contributed by atoms with van der Waals surface area (Å²) in [5.74, 6) is 6.98. The van der Waals surface area contributed by atoms with Crippen LogP contribution in [0.3, 0.4) is 0 Å². The van der Waals surface area contributed by atoms with E-state index in [0.29, 0.717) is 36.0 Å². The van der Waals surface area contributed by atoms with Crippen LogP contribution in [-0.4, -0.2) is 25.2 Å². The van der Waals surface area contributed by atoms with Crippen molar-refractivity contribution in [3.8, 4) is 23.3 Å². The molecule has 3 aromatic rings. The van der Waals surface area contributed by atoms with E-state index >= 15 is 0 Å². The van der Waals surface area contributed by atoms with Crippen LogP contribution in [0.1, 0.15) is 97.6 Å². The molecule has 0 aliphatic carbocycles. The molecule has 3 rings (SSSR count). The standard InChI is InChI=1S/C35H40O5/c1-4-6-7-8-9-10-25-38-32-21-23-33(24-22-32)40-35(37)31-19-15-29(16-20-31)12-11-28-13-17-30(18-14-28)34(36)39-26-27(3)5-2/h13-24,27H,4-10,25-26H2,1-3H3/t27-/m0/s1. The predicted octanol–water partition coefficient (Wildman–Crippen LogP) is 8.25. The molecule has 0 radical (unpaired) electrons. The Hall–Kier alpha value is -4.04. The lowest BCUT2D eigenvalue weighted by molar-refractivity contribution is 0.0447. The number of unbranched alkanes of at least 4 members (excludes halogenated alkanes) is 5. The minimum Gasteiger partial charge on any atom is -0.494 e. The van der Waals surface area contributed by atoms with Crippen molar-refractivity contribution in [2.24, 2.45) is 5.92 Å². The minimum atomic E-state index is -0.434. The first kappa shape index (κ1) is 30.5. The summed E-state index contributed by atoms with van der Waals surface area (Å²) >= 11 is 0. The van der Waals surface area contributed by atoms with E-state index in [2.05, 4.69) is 25.7 Å². The summed E-state index contributed by atoms with van der Waals surface area (Å²) < 4.78 is 16.6. The summed E-state index contributed by atoms with van der Waals surface area (Å²) in [7, 11) is 0. The highest BCUT2D eigenvalue weighted by molar-refractivity contribution is 5.91. The van der Waals surface area contributed by atoms with Gasteiger partial charge in [0.2, 0.25) is 0 Å². The Morgan fingerprint density at radius 2 is 1.20 bits per heavy atom. The van der Waals surface area contributed by atoms with Gasteiger partial charge in [0.05, 0.1) is 24.3 Å². The Bertz CT molecular complexity index is 1250. The van der Waals surface area contributed by atoms with E-state index < -0.39 is 5.97 Å². The molecule has 40 heavy (non-hydrogen) atoms. The van der Waals surface area contributed by atoms with Crippen molar-refractivity contribution in [1.29, 1.82) is 0 Å². The highest BCUT2D eigenvalue weighted by atomic mass is 16.5. The Morgan fingerprint density at radius 1 is 0.675 bits per heavy atom. The molecule has 0 aromatic heterocycles. The highest BCUT2D eigenvalue weighted by Crippen LogP contribution is 2.19. The second kappa shape index (κ2) is 16.8. The topological polar surface area (TPSA) is 61.8 Å². The van der Waals surface area contributed by atoms with Gasteiger partial charge in [0.25, 0.3) is 0 Å². The third-order valence-electron chi connectivity index (χ3n) is 6.59. The maximum Gasteiger partial charge on any atom is 0.343 e. The Labute approximate surface area is 238 Å². The summed E-state index contributed by atoms with van der Waals surface area (Å²) in [6, 6.07) is 21.1. The summed E-state index contributed by atoms with van der Waals surface area (Å²) in [5, 5.41) is 0. The van der Waals surface area contributed by atoms with E-state index in [1.807, 2.05) is 19.1 Å². The Balaban J connectivity index is 1.45. The van der Waals surface area contributed by atoms with E-state index in [-0.39, 0.29) is 5.97 Å². The third-order valence-corrected chi connectivity index (χ3v) is 6.59. The first-order valence-corrected chi connectivity index (χ1v) is 14.3. The molecular weight excluding hydrogens is 500 g/mol. The van der Waals surface area contributed by atoms with Crippen molar-refractivity contribution < 1.29 is 23.8 Å². The zero-order valence-corrected chi connectivity index (χ0v) is 23.9. The first-order chi connectivity index (χ1) is 19.5. The van der Waals surface area contributed by atoms with Gasteiger partial charge in [-0.2, -0.15) is 0 Å². The number of hydrogen-bond acceptors (Lipinski definition) is 5. The monoisotopic (exact) mass is 540 g/mol. The van der Waals surface area contributed by atoms with Gasteiger partial charge in [-0.15, -0.1) is 0 Å². The lowest BCUT2D eigenvalue weighted by Gasteiger charge is -2.09. The van der Waals surface area contributed by atoms with Crippen LogP contribution in [0.15, 0.2) is 72.8 Å². The van der Waals surface area contributed by atoms with E-state index in [0.717, 1.165) is 29.7 Å². The molecule has 1 atom stereocenters. The lowest BCUT2D eigenvalue weighted by Crippen LogP contribution is -2.11. The molecular formula is C35H40O5. The van der Waals surface area contributed by atoms with E-state index in [1.54, 1.807) is 60.7 Å². The average Bonchev–Trinajstić information content (AvgIpc) is 2.99. The second-order valence-electron chi connectivity index (χ2n) is 9.99. The van der Waals surface area contributed by atoms with E-state index in [4.69, 9.17) is 14.2 Å². The fraction of sp³-hybridized carbons (Fsp3) is 0.371. The van der Waals surface area contributed by atoms with Gasteiger partial charge in [-0.05, 0) is 85.1 Å². The molecule has 5 heteroatoms. The van der Waals surface area contributed by atoms with Crippen LogP contribution in [0.25, 0.3) is 0 Å². The number of carbonyl (C=O) groups excluding carboxylic acids is 2. The highest BCUT2D eigenvalue weighted by Gasteiger charge is 2.10. The van der Waals surface area contributed by atoms with Crippen LogP contribution >= 0.6 is 0 Å². The maximum atomic E-state index is 12.6. The SMILES string of the molecule is CCCCCCCCOc1ccc(OC(=O)c2ccc(C#Cc3ccc(C(=O)OC[C@@H](C)CC)cc3)cc2)cc1. The van der Waals surface area contributed by atoms with Crippen LogP contribution < -0.4 is 9.47 Å². The van der Waals surface area contributed by atoms with Crippen molar-refractivity contribution in [1.82, 2.24) is 0 Å². The molecule has 0 bridgehead atoms. The van der Waals surface area contributed by atoms with Crippen LogP contribution in [0, 0.1) is 17.8 Å². The summed E-state index contributed by atoms with van der Waals surface area (Å²) in [5.41, 5.74) is 2.49. The average molecular weight is 541 g/mol. The van der Waals surface area contributed by atoms with Crippen molar-refractivity contribution in [3.05, 3.63) is 95.1 Å². The Morgan fingerprint density at radius 3 is 1.77 bits per heavy atom. The summed E-state index contributed by atoms with van der Waals surface area (Å²) in [6.45, 7) is 7.45. The van der Waals surface area contributed by atoms with Crippen molar-refractivity contribution in [2.45, 2.75) is 65.7 Å². The molecule has 0 heterocycles. The smallest absolute Gasteiger partial charge is 0.343 e. The zero-order valence-electron chi connectivity index (χ0n) is 23.9. The van der Waals surface area contributed by atoms with E-state index in [9.17, 15) is 9.59 Å². The normalized spacial score (nSPS) is 11.2. The molecule has 210 valence electrons. The van der Waals surface area contributed by atoms with Gasteiger partial charge in [0.1, 0.15) is 11.5 Å². The Kier molecular flexibility index (Phi) is 12.8. The van der Waals surface area contributed by atoms with Gasteiger partial charge in [-0.1, -0.05) is 71.1 Å². The van der Waals surface area contributed by atoms with Crippen molar-refractivity contribution in [2.75, 3.05) is 13.2 Å². The first-order valence-electron chi connectivity index (χ1n) is 14.3. The fourth-order valence-corrected chi connectivity index (χ4v) is 3.79. The quantitative estimate of drug-likeness (QED) is 0.0892. The van der Waals surface area contributed by atoms with Gasteiger partial charge in [0, 0.05) is 11.1 Å². The molecule has 3 aromatic carbocycles. The number of hydrogen-bond donors (Lipinski definition) is 0. The number of esters is 2.